The van der Waals surface area contributed by atoms with E-state index in [0.29, 0.717) is 26.2 Å². The van der Waals surface area contributed by atoms with Crippen LogP contribution in [0.2, 0.25) is 0 Å². The highest BCUT2D eigenvalue weighted by Gasteiger charge is 2.44. The first-order valence-electron chi connectivity index (χ1n) is 4.81. The molecule has 2 aliphatic rings. The zero-order valence-corrected chi connectivity index (χ0v) is 8.27. The highest BCUT2D eigenvalue weighted by molar-refractivity contribution is 5.47. The van der Waals surface area contributed by atoms with Gasteiger partial charge < -0.3 is 19.1 Å². The number of carbonyl (C=O) groups is 1. The van der Waals surface area contributed by atoms with Crippen molar-refractivity contribution in [2.24, 2.45) is 0 Å². The Morgan fingerprint density at radius 3 is 2.79 bits per heavy atom. The molecule has 2 fully saturated rings. The fourth-order valence-electron chi connectivity index (χ4n) is 2.03. The van der Waals surface area contributed by atoms with Gasteiger partial charge in [0.05, 0.1) is 13.2 Å². The van der Waals surface area contributed by atoms with Crippen LogP contribution in [0.4, 0.5) is 0 Å². The fourth-order valence-corrected chi connectivity index (χ4v) is 2.03. The number of hydrogen-bond acceptors (Lipinski definition) is 4. The molecule has 2 heterocycles. The van der Waals surface area contributed by atoms with Crippen LogP contribution in [0.5, 0.6) is 0 Å². The lowest BCUT2D eigenvalue weighted by atomic mass is 10.0. The average molecular weight is 201 g/mol. The second-order valence-corrected chi connectivity index (χ2v) is 3.60. The minimum absolute atomic E-state index is 0.223. The first kappa shape index (κ1) is 9.89. The Bertz CT molecular complexity index is 215. The van der Waals surface area contributed by atoms with Crippen molar-refractivity contribution in [1.82, 2.24) is 4.90 Å². The molecule has 0 N–H and O–H groups in total. The number of ether oxygens (including phenoxy) is 3. The average Bonchev–Trinajstić information content (AvgIpc) is 2.66. The third-order valence-electron chi connectivity index (χ3n) is 2.83. The molecule has 1 atom stereocenters. The molecule has 2 aliphatic heterocycles. The van der Waals surface area contributed by atoms with E-state index in [-0.39, 0.29) is 6.23 Å². The normalized spacial score (nSPS) is 30.9. The van der Waals surface area contributed by atoms with Crippen molar-refractivity contribution in [3.8, 4) is 0 Å². The first-order valence-corrected chi connectivity index (χ1v) is 4.81. The maximum atomic E-state index is 10.7. The Morgan fingerprint density at radius 1 is 1.50 bits per heavy atom. The summed E-state index contributed by atoms with van der Waals surface area (Å²) in [5.74, 6) is -0.500. The molecule has 0 saturated carbocycles. The van der Waals surface area contributed by atoms with Crippen LogP contribution >= 0.6 is 0 Å². The van der Waals surface area contributed by atoms with Gasteiger partial charge in [0, 0.05) is 26.5 Å². The number of nitrogens with zero attached hydrogens (tertiary/aromatic N) is 1. The molecule has 0 bridgehead atoms. The van der Waals surface area contributed by atoms with Gasteiger partial charge in [-0.25, -0.2) is 0 Å². The van der Waals surface area contributed by atoms with Gasteiger partial charge >= 0.3 is 0 Å². The maximum Gasteiger partial charge on any atom is 0.211 e. The third kappa shape index (κ3) is 1.63. The van der Waals surface area contributed by atoms with Gasteiger partial charge in [-0.05, 0) is 0 Å². The Kier molecular flexibility index (Phi) is 2.71. The van der Waals surface area contributed by atoms with Crippen LogP contribution in [0.25, 0.3) is 0 Å². The van der Waals surface area contributed by atoms with E-state index in [4.69, 9.17) is 14.2 Å². The highest BCUT2D eigenvalue weighted by atomic mass is 16.7. The molecule has 1 amide bonds. The van der Waals surface area contributed by atoms with Crippen molar-refractivity contribution < 1.29 is 19.0 Å². The number of amides is 1. The molecule has 80 valence electrons. The van der Waals surface area contributed by atoms with E-state index >= 15 is 0 Å². The summed E-state index contributed by atoms with van der Waals surface area (Å²) < 4.78 is 16.3. The molecule has 2 saturated heterocycles. The van der Waals surface area contributed by atoms with E-state index in [1.165, 1.54) is 0 Å². The Hall–Kier alpha value is -0.650. The van der Waals surface area contributed by atoms with Crippen molar-refractivity contribution >= 4 is 6.41 Å². The van der Waals surface area contributed by atoms with Crippen LogP contribution < -0.4 is 0 Å². The van der Waals surface area contributed by atoms with Gasteiger partial charge in [-0.2, -0.15) is 0 Å². The maximum absolute atomic E-state index is 10.7. The highest BCUT2D eigenvalue weighted by Crippen LogP contribution is 2.34. The summed E-state index contributed by atoms with van der Waals surface area (Å²) in [4.78, 5) is 12.3. The molecule has 5 nitrogen and oxygen atoms in total. The van der Waals surface area contributed by atoms with E-state index in [9.17, 15) is 4.79 Å². The van der Waals surface area contributed by atoms with Gasteiger partial charge in [-0.3, -0.25) is 4.79 Å². The number of carbonyl (C=O) groups excluding carboxylic acids is 1. The van der Waals surface area contributed by atoms with Gasteiger partial charge in [0.15, 0.2) is 5.79 Å². The topological polar surface area (TPSA) is 48.0 Å². The summed E-state index contributed by atoms with van der Waals surface area (Å²) in [5.41, 5.74) is 0. The predicted octanol–water partition coefficient (Wildman–Crippen LogP) is -0.0458. The Labute approximate surface area is 82.9 Å². The standard InChI is InChI=1S/C9H15NO4/c1-12-8-6-9(13-4-5-14-9)2-3-10(8)7-11/h7-8H,2-6H2,1H3/t8-/m1/s1. The van der Waals surface area contributed by atoms with Crippen LogP contribution in [-0.4, -0.2) is 50.2 Å². The fraction of sp³-hybridized carbons (Fsp3) is 0.889. The van der Waals surface area contributed by atoms with Gasteiger partial charge in [0.2, 0.25) is 6.41 Å². The number of likely N-dealkylation sites (tertiary alicyclic amines) is 1. The molecule has 5 heteroatoms. The zero-order valence-electron chi connectivity index (χ0n) is 8.27. The monoisotopic (exact) mass is 201 g/mol. The lowest BCUT2D eigenvalue weighted by Crippen LogP contribution is -2.51. The minimum atomic E-state index is -0.500. The van der Waals surface area contributed by atoms with Crippen molar-refractivity contribution in [2.75, 3.05) is 26.9 Å². The van der Waals surface area contributed by atoms with E-state index < -0.39 is 5.79 Å². The minimum Gasteiger partial charge on any atom is -0.361 e. The SMILES string of the molecule is CO[C@@H]1CC2(CCN1C=O)OCCO2. The molecular weight excluding hydrogens is 186 g/mol. The number of piperidine rings is 1. The molecule has 0 aromatic carbocycles. The largest absolute Gasteiger partial charge is 0.361 e. The summed E-state index contributed by atoms with van der Waals surface area (Å²) in [6.45, 7) is 1.90. The quantitative estimate of drug-likeness (QED) is 0.588. The van der Waals surface area contributed by atoms with Gasteiger partial charge in [0.1, 0.15) is 6.23 Å². The molecular formula is C9H15NO4. The summed E-state index contributed by atoms with van der Waals surface area (Å²) >= 11 is 0. The molecule has 0 radical (unpaired) electrons. The van der Waals surface area contributed by atoms with E-state index in [0.717, 1.165) is 12.8 Å². The third-order valence-corrected chi connectivity index (χ3v) is 2.83. The van der Waals surface area contributed by atoms with Gasteiger partial charge in [0.25, 0.3) is 0 Å². The molecule has 0 aliphatic carbocycles. The van der Waals surface area contributed by atoms with Crippen LogP contribution in [0.15, 0.2) is 0 Å². The van der Waals surface area contributed by atoms with Crippen molar-refractivity contribution in [3.05, 3.63) is 0 Å². The molecule has 0 aromatic rings. The molecule has 14 heavy (non-hydrogen) atoms. The number of rotatable bonds is 2. The van der Waals surface area contributed by atoms with E-state index in [1.807, 2.05) is 0 Å². The lowest BCUT2D eigenvalue weighted by molar-refractivity contribution is -0.224. The first-order chi connectivity index (χ1) is 6.79. The zero-order chi connectivity index (χ0) is 10.0. The molecule has 1 spiro atoms. The smallest absolute Gasteiger partial charge is 0.211 e. The van der Waals surface area contributed by atoms with Gasteiger partial charge in [-0.15, -0.1) is 0 Å². The Balaban J connectivity index is 2.03. The summed E-state index contributed by atoms with van der Waals surface area (Å²) in [5, 5.41) is 0. The van der Waals surface area contributed by atoms with Crippen LogP contribution in [0, 0.1) is 0 Å². The summed E-state index contributed by atoms with van der Waals surface area (Å²) in [6, 6.07) is 0. The van der Waals surface area contributed by atoms with Crippen LogP contribution in [-0.2, 0) is 19.0 Å². The molecule has 0 unspecified atom stereocenters. The van der Waals surface area contributed by atoms with E-state index in [2.05, 4.69) is 0 Å². The summed E-state index contributed by atoms with van der Waals surface area (Å²) in [6.07, 6.45) is 1.92. The van der Waals surface area contributed by atoms with E-state index in [1.54, 1.807) is 12.0 Å². The van der Waals surface area contributed by atoms with Crippen LogP contribution in [0.1, 0.15) is 12.8 Å². The molecule has 2 rings (SSSR count). The van der Waals surface area contributed by atoms with Crippen LogP contribution in [0.3, 0.4) is 0 Å². The van der Waals surface area contributed by atoms with Crippen molar-refractivity contribution in [3.63, 3.8) is 0 Å². The molecule has 0 aromatic heterocycles. The van der Waals surface area contributed by atoms with Gasteiger partial charge in [-0.1, -0.05) is 0 Å². The second kappa shape index (κ2) is 3.84. The van der Waals surface area contributed by atoms with Crippen molar-refractivity contribution in [2.45, 2.75) is 24.9 Å². The second-order valence-electron chi connectivity index (χ2n) is 3.60. The predicted molar refractivity (Wildman–Crippen MR) is 47.4 cm³/mol. The lowest BCUT2D eigenvalue weighted by Gasteiger charge is -2.40. The summed E-state index contributed by atoms with van der Waals surface area (Å²) in [7, 11) is 1.59. The number of methoxy groups -OCH3 is 1. The van der Waals surface area contributed by atoms with Crippen molar-refractivity contribution in [1.29, 1.82) is 0 Å². The number of hydrogen-bond donors (Lipinski definition) is 0. The Morgan fingerprint density at radius 2 is 2.21 bits per heavy atom.